The molecule has 0 bridgehead atoms. The van der Waals surface area contributed by atoms with Gasteiger partial charge in [-0.15, -0.1) is 0 Å². The lowest BCUT2D eigenvalue weighted by Crippen LogP contribution is -2.13. The molecular formula is C21H18N2O3. The number of hydrogen-bond donors (Lipinski definition) is 1. The van der Waals surface area contributed by atoms with Gasteiger partial charge in [0.25, 0.3) is 5.56 Å². The highest BCUT2D eigenvalue weighted by Gasteiger charge is 2.16. The quantitative estimate of drug-likeness (QED) is 0.777. The predicted octanol–water partition coefficient (Wildman–Crippen LogP) is 3.91. The Morgan fingerprint density at radius 1 is 0.962 bits per heavy atom. The fourth-order valence-corrected chi connectivity index (χ4v) is 2.80. The molecule has 0 saturated heterocycles. The molecule has 0 saturated carbocycles. The first-order chi connectivity index (χ1) is 12.6. The lowest BCUT2D eigenvalue weighted by Gasteiger charge is -2.13. The van der Waals surface area contributed by atoms with Gasteiger partial charge in [0.15, 0.2) is 0 Å². The van der Waals surface area contributed by atoms with E-state index in [4.69, 9.17) is 9.47 Å². The third-order valence-corrected chi connectivity index (χ3v) is 4.20. The van der Waals surface area contributed by atoms with Crippen molar-refractivity contribution < 1.29 is 9.47 Å². The molecule has 1 heterocycles. The number of nitrogens with one attached hydrogen (secondary N) is 1. The lowest BCUT2D eigenvalue weighted by molar-refractivity contribution is 0.404. The molecule has 0 radical (unpaired) electrons. The maximum absolute atomic E-state index is 12.5. The van der Waals surface area contributed by atoms with Gasteiger partial charge in [0, 0.05) is 16.8 Å². The zero-order valence-electron chi connectivity index (χ0n) is 14.8. The van der Waals surface area contributed by atoms with Crippen molar-refractivity contribution in [3.63, 3.8) is 0 Å². The summed E-state index contributed by atoms with van der Waals surface area (Å²) in [7, 11) is 3.11. The van der Waals surface area contributed by atoms with Crippen LogP contribution in [0.1, 0.15) is 11.1 Å². The van der Waals surface area contributed by atoms with Crippen molar-refractivity contribution in [2.45, 2.75) is 6.92 Å². The molecule has 1 N–H and O–H groups in total. The summed E-state index contributed by atoms with van der Waals surface area (Å²) in [5.74, 6) is 1.17. The number of nitriles is 1. The lowest BCUT2D eigenvalue weighted by atomic mass is 9.97. The Balaban J connectivity index is 2.29. The van der Waals surface area contributed by atoms with Crippen LogP contribution in [0.3, 0.4) is 0 Å². The van der Waals surface area contributed by atoms with Crippen molar-refractivity contribution in [1.82, 2.24) is 4.98 Å². The van der Waals surface area contributed by atoms with Crippen molar-refractivity contribution in [2.75, 3.05) is 14.2 Å². The van der Waals surface area contributed by atoms with Crippen LogP contribution < -0.4 is 15.0 Å². The zero-order valence-corrected chi connectivity index (χ0v) is 14.8. The van der Waals surface area contributed by atoms with E-state index in [1.54, 1.807) is 38.5 Å². The normalized spacial score (nSPS) is 10.2. The van der Waals surface area contributed by atoms with Crippen LogP contribution in [0, 0.1) is 18.3 Å². The van der Waals surface area contributed by atoms with E-state index >= 15 is 0 Å². The van der Waals surface area contributed by atoms with Crippen molar-refractivity contribution >= 4 is 0 Å². The van der Waals surface area contributed by atoms with Gasteiger partial charge in [-0.05, 0) is 36.8 Å². The van der Waals surface area contributed by atoms with E-state index in [1.807, 2.05) is 37.3 Å². The molecule has 5 heteroatoms. The number of benzene rings is 2. The molecule has 0 aliphatic rings. The molecule has 1 aromatic heterocycles. The van der Waals surface area contributed by atoms with Crippen LogP contribution in [0.5, 0.6) is 11.5 Å². The van der Waals surface area contributed by atoms with Crippen LogP contribution in [0.4, 0.5) is 0 Å². The number of H-pyrrole nitrogens is 1. The third kappa shape index (κ3) is 3.17. The minimum atomic E-state index is -0.439. The highest BCUT2D eigenvalue weighted by atomic mass is 16.5. The Labute approximate surface area is 151 Å². The van der Waals surface area contributed by atoms with E-state index in [2.05, 4.69) is 4.98 Å². The first-order valence-electron chi connectivity index (χ1n) is 8.04. The Hall–Kier alpha value is -3.52. The largest absolute Gasteiger partial charge is 0.497 e. The number of rotatable bonds is 4. The average molecular weight is 346 g/mol. The van der Waals surface area contributed by atoms with E-state index in [0.29, 0.717) is 28.3 Å². The standard InChI is InChI=1S/C21H18N2O3/c1-13-4-6-14(7-5-13)19-11-16(18(12-22)21(24)23-19)17-10-15(25-2)8-9-20(17)26-3/h4-11H,1-3H3,(H,23,24). The summed E-state index contributed by atoms with van der Waals surface area (Å²) in [5.41, 5.74) is 3.34. The number of aromatic nitrogens is 1. The summed E-state index contributed by atoms with van der Waals surface area (Å²) in [6.45, 7) is 2.00. The van der Waals surface area contributed by atoms with E-state index in [9.17, 15) is 10.1 Å². The number of aromatic amines is 1. The van der Waals surface area contributed by atoms with Crippen LogP contribution in [0.25, 0.3) is 22.4 Å². The number of aryl methyl sites for hydroxylation is 1. The number of methoxy groups -OCH3 is 2. The Morgan fingerprint density at radius 3 is 2.31 bits per heavy atom. The summed E-state index contributed by atoms with van der Waals surface area (Å²) in [6, 6.07) is 16.9. The Morgan fingerprint density at radius 2 is 1.69 bits per heavy atom. The van der Waals surface area contributed by atoms with Gasteiger partial charge in [0.2, 0.25) is 0 Å². The SMILES string of the molecule is COc1ccc(OC)c(-c2cc(-c3ccc(C)cc3)[nH]c(=O)c2C#N)c1. The van der Waals surface area contributed by atoms with E-state index in [-0.39, 0.29) is 5.56 Å². The molecular weight excluding hydrogens is 328 g/mol. The summed E-state index contributed by atoms with van der Waals surface area (Å²) in [5, 5.41) is 9.51. The summed E-state index contributed by atoms with van der Waals surface area (Å²) in [4.78, 5) is 15.3. The maximum Gasteiger partial charge on any atom is 0.266 e. The van der Waals surface area contributed by atoms with Gasteiger partial charge in [-0.2, -0.15) is 5.26 Å². The van der Waals surface area contributed by atoms with Crippen molar-refractivity contribution in [3.05, 3.63) is 70.0 Å². The molecule has 130 valence electrons. The van der Waals surface area contributed by atoms with Gasteiger partial charge in [-0.3, -0.25) is 4.79 Å². The molecule has 0 fully saturated rings. The average Bonchev–Trinajstić information content (AvgIpc) is 2.67. The molecule has 2 aromatic carbocycles. The highest BCUT2D eigenvalue weighted by molar-refractivity contribution is 5.80. The number of ether oxygens (including phenoxy) is 2. The van der Waals surface area contributed by atoms with Crippen LogP contribution >= 0.6 is 0 Å². The smallest absolute Gasteiger partial charge is 0.266 e. The molecule has 0 aliphatic carbocycles. The minimum absolute atomic E-state index is 0.0346. The molecule has 0 atom stereocenters. The fourth-order valence-electron chi connectivity index (χ4n) is 2.80. The van der Waals surface area contributed by atoms with Crippen LogP contribution in [0.15, 0.2) is 53.3 Å². The first kappa shape index (κ1) is 17.3. The molecule has 3 aromatic rings. The van der Waals surface area contributed by atoms with Gasteiger partial charge in [0.05, 0.1) is 14.2 Å². The van der Waals surface area contributed by atoms with Crippen molar-refractivity contribution in [2.24, 2.45) is 0 Å². The van der Waals surface area contributed by atoms with E-state index < -0.39 is 5.56 Å². The Bertz CT molecular complexity index is 1040. The van der Waals surface area contributed by atoms with Crippen LogP contribution in [-0.4, -0.2) is 19.2 Å². The van der Waals surface area contributed by atoms with Gasteiger partial charge in [-0.1, -0.05) is 29.8 Å². The second-order valence-corrected chi connectivity index (χ2v) is 5.84. The maximum atomic E-state index is 12.5. The third-order valence-electron chi connectivity index (χ3n) is 4.20. The number of pyridine rings is 1. The zero-order chi connectivity index (χ0) is 18.7. The summed E-state index contributed by atoms with van der Waals surface area (Å²) >= 11 is 0. The molecule has 0 spiro atoms. The highest BCUT2D eigenvalue weighted by Crippen LogP contribution is 2.35. The monoisotopic (exact) mass is 346 g/mol. The molecule has 0 unspecified atom stereocenters. The second-order valence-electron chi connectivity index (χ2n) is 5.84. The molecule has 5 nitrogen and oxygen atoms in total. The molecule has 26 heavy (non-hydrogen) atoms. The number of nitrogens with zero attached hydrogens (tertiary/aromatic N) is 1. The fraction of sp³-hybridized carbons (Fsp3) is 0.143. The molecule has 0 aliphatic heterocycles. The molecule has 0 amide bonds. The molecule has 3 rings (SSSR count). The van der Waals surface area contributed by atoms with Crippen molar-refractivity contribution in [1.29, 1.82) is 5.26 Å². The van der Waals surface area contributed by atoms with E-state index in [1.165, 1.54) is 0 Å². The minimum Gasteiger partial charge on any atom is -0.497 e. The van der Waals surface area contributed by atoms with E-state index in [0.717, 1.165) is 11.1 Å². The number of hydrogen-bond acceptors (Lipinski definition) is 4. The summed E-state index contributed by atoms with van der Waals surface area (Å²) < 4.78 is 10.7. The Kier molecular flexibility index (Phi) is 4.76. The predicted molar refractivity (Wildman–Crippen MR) is 100 cm³/mol. The topological polar surface area (TPSA) is 75.1 Å². The van der Waals surface area contributed by atoms with Crippen LogP contribution in [-0.2, 0) is 0 Å². The van der Waals surface area contributed by atoms with Gasteiger partial charge in [0.1, 0.15) is 23.1 Å². The van der Waals surface area contributed by atoms with Crippen molar-refractivity contribution in [3.8, 4) is 40.0 Å². The van der Waals surface area contributed by atoms with Gasteiger partial charge >= 0.3 is 0 Å². The summed E-state index contributed by atoms with van der Waals surface area (Å²) in [6.07, 6.45) is 0. The van der Waals surface area contributed by atoms with Gasteiger partial charge in [-0.25, -0.2) is 0 Å². The van der Waals surface area contributed by atoms with Crippen LogP contribution in [0.2, 0.25) is 0 Å². The van der Waals surface area contributed by atoms with Gasteiger partial charge < -0.3 is 14.5 Å². The second kappa shape index (κ2) is 7.16. The first-order valence-corrected chi connectivity index (χ1v) is 8.04.